The molecule has 2 unspecified atom stereocenters. The van der Waals surface area contributed by atoms with Crippen LogP contribution >= 0.6 is 0 Å². The van der Waals surface area contributed by atoms with Crippen molar-refractivity contribution in [2.75, 3.05) is 32.0 Å². The van der Waals surface area contributed by atoms with Crippen LogP contribution < -0.4 is 15.8 Å². The van der Waals surface area contributed by atoms with Crippen LogP contribution in [-0.4, -0.2) is 54.3 Å². The van der Waals surface area contributed by atoms with E-state index in [0.717, 1.165) is 19.5 Å². The predicted octanol–water partition coefficient (Wildman–Crippen LogP) is 0.219. The van der Waals surface area contributed by atoms with Crippen LogP contribution in [0.2, 0.25) is 0 Å². The van der Waals surface area contributed by atoms with Gasteiger partial charge in [0, 0.05) is 38.3 Å². The van der Waals surface area contributed by atoms with Gasteiger partial charge in [-0.2, -0.15) is 0 Å². The van der Waals surface area contributed by atoms with Crippen LogP contribution in [0.5, 0.6) is 5.75 Å². The van der Waals surface area contributed by atoms with E-state index in [2.05, 4.69) is 10.2 Å². The maximum Gasteiger partial charge on any atom is 0.217 e. The van der Waals surface area contributed by atoms with Gasteiger partial charge in [-0.05, 0) is 30.7 Å². The van der Waals surface area contributed by atoms with Crippen molar-refractivity contribution < 1.29 is 14.6 Å². The number of aliphatic hydroxyl groups is 1. The molecule has 0 aliphatic carbocycles. The summed E-state index contributed by atoms with van der Waals surface area (Å²) in [6.07, 6.45) is 0.365. The number of rotatable bonds is 6. The van der Waals surface area contributed by atoms with E-state index in [4.69, 9.17) is 10.5 Å². The first kappa shape index (κ1) is 15.6. The number of amides is 1. The van der Waals surface area contributed by atoms with Crippen LogP contribution in [-0.2, 0) is 4.79 Å². The summed E-state index contributed by atoms with van der Waals surface area (Å²) in [4.78, 5) is 13.1. The number of aliphatic hydroxyl groups excluding tert-OH is 1. The van der Waals surface area contributed by atoms with E-state index in [-0.39, 0.29) is 18.6 Å². The minimum atomic E-state index is -0.557. The molecule has 1 aromatic rings. The van der Waals surface area contributed by atoms with Gasteiger partial charge < -0.3 is 20.9 Å². The van der Waals surface area contributed by atoms with Crippen LogP contribution in [0.25, 0.3) is 0 Å². The first-order valence-corrected chi connectivity index (χ1v) is 7.19. The van der Waals surface area contributed by atoms with Crippen molar-refractivity contribution in [3.05, 3.63) is 24.3 Å². The number of hydrogen-bond acceptors (Lipinski definition) is 5. The number of hydrogen-bond donors (Lipinski definition) is 3. The Morgan fingerprint density at radius 3 is 2.90 bits per heavy atom. The lowest BCUT2D eigenvalue weighted by atomic mass is 10.2. The molecule has 0 bridgehead atoms. The van der Waals surface area contributed by atoms with Gasteiger partial charge in [-0.1, -0.05) is 0 Å². The van der Waals surface area contributed by atoms with Gasteiger partial charge in [-0.3, -0.25) is 9.69 Å². The fourth-order valence-electron chi connectivity index (χ4n) is 2.51. The zero-order chi connectivity index (χ0) is 15.2. The number of nitrogens with two attached hydrogens (primary N) is 1. The van der Waals surface area contributed by atoms with Gasteiger partial charge in [-0.15, -0.1) is 0 Å². The SMILES string of the molecule is CC(=O)NC1CCN(CC(O)COc2ccc(N)cc2)C1. The maximum absolute atomic E-state index is 11.0. The van der Waals surface area contributed by atoms with Gasteiger partial charge in [0.15, 0.2) is 0 Å². The number of nitrogen functional groups attached to an aromatic ring is 1. The third-order valence-electron chi connectivity index (χ3n) is 3.47. The Morgan fingerprint density at radius 1 is 1.52 bits per heavy atom. The highest BCUT2D eigenvalue weighted by Gasteiger charge is 2.24. The number of β-amino-alcohol motifs (C(OH)–C–C–N with tert-alkyl or cyclic N) is 1. The molecule has 1 aliphatic heterocycles. The van der Waals surface area contributed by atoms with E-state index in [1.165, 1.54) is 6.92 Å². The average molecular weight is 293 g/mol. The average Bonchev–Trinajstić information content (AvgIpc) is 2.84. The molecular formula is C15H23N3O3. The minimum absolute atomic E-state index is 0.00548. The molecule has 1 saturated heterocycles. The summed E-state index contributed by atoms with van der Waals surface area (Å²) in [6, 6.07) is 7.28. The van der Waals surface area contributed by atoms with Crippen molar-refractivity contribution in [1.29, 1.82) is 0 Å². The number of likely N-dealkylation sites (tertiary alicyclic amines) is 1. The summed E-state index contributed by atoms with van der Waals surface area (Å²) in [7, 11) is 0. The van der Waals surface area contributed by atoms with Gasteiger partial charge in [-0.25, -0.2) is 0 Å². The zero-order valence-corrected chi connectivity index (χ0v) is 12.3. The predicted molar refractivity (Wildman–Crippen MR) is 81.0 cm³/mol. The molecule has 21 heavy (non-hydrogen) atoms. The van der Waals surface area contributed by atoms with E-state index in [1.807, 2.05) is 0 Å². The molecule has 2 atom stereocenters. The molecule has 1 aliphatic rings. The third-order valence-corrected chi connectivity index (χ3v) is 3.47. The molecule has 0 radical (unpaired) electrons. The lowest BCUT2D eigenvalue weighted by molar-refractivity contribution is -0.119. The standard InChI is InChI=1S/C15H23N3O3/c1-11(19)17-13-6-7-18(8-13)9-14(20)10-21-15-4-2-12(16)3-5-15/h2-5,13-14,20H,6-10,16H2,1H3,(H,17,19). The van der Waals surface area contributed by atoms with E-state index in [9.17, 15) is 9.90 Å². The Morgan fingerprint density at radius 2 is 2.24 bits per heavy atom. The number of carbonyl (C=O) groups is 1. The molecule has 2 rings (SSSR count). The fourth-order valence-corrected chi connectivity index (χ4v) is 2.51. The molecule has 0 aromatic heterocycles. The number of anilines is 1. The molecule has 6 nitrogen and oxygen atoms in total. The molecule has 4 N–H and O–H groups in total. The van der Waals surface area contributed by atoms with Crippen molar-refractivity contribution in [1.82, 2.24) is 10.2 Å². The summed E-state index contributed by atoms with van der Waals surface area (Å²) >= 11 is 0. The summed E-state index contributed by atoms with van der Waals surface area (Å²) in [6.45, 7) is 3.97. The highest BCUT2D eigenvalue weighted by atomic mass is 16.5. The van der Waals surface area contributed by atoms with E-state index in [0.29, 0.717) is 18.0 Å². The van der Waals surface area contributed by atoms with Crippen LogP contribution in [0.15, 0.2) is 24.3 Å². The minimum Gasteiger partial charge on any atom is -0.491 e. The summed E-state index contributed by atoms with van der Waals surface area (Å²) < 4.78 is 5.52. The number of benzene rings is 1. The largest absolute Gasteiger partial charge is 0.491 e. The Bertz CT molecular complexity index is 464. The maximum atomic E-state index is 11.0. The zero-order valence-electron chi connectivity index (χ0n) is 12.3. The van der Waals surface area contributed by atoms with Crippen molar-refractivity contribution >= 4 is 11.6 Å². The summed E-state index contributed by atoms with van der Waals surface area (Å²) in [5, 5.41) is 12.9. The van der Waals surface area contributed by atoms with Crippen LogP contribution in [0.3, 0.4) is 0 Å². The molecule has 0 saturated carbocycles. The molecule has 6 heteroatoms. The van der Waals surface area contributed by atoms with Crippen molar-refractivity contribution in [3.8, 4) is 5.75 Å². The number of nitrogens with one attached hydrogen (secondary N) is 1. The van der Waals surface area contributed by atoms with Gasteiger partial charge in [0.25, 0.3) is 0 Å². The normalized spacial score (nSPS) is 20.2. The van der Waals surface area contributed by atoms with Crippen LogP contribution in [0.1, 0.15) is 13.3 Å². The van der Waals surface area contributed by atoms with Gasteiger partial charge in [0.05, 0.1) is 0 Å². The van der Waals surface area contributed by atoms with Crippen molar-refractivity contribution in [2.45, 2.75) is 25.5 Å². The fraction of sp³-hybridized carbons (Fsp3) is 0.533. The molecule has 0 spiro atoms. The first-order chi connectivity index (χ1) is 10.0. The van der Waals surface area contributed by atoms with Gasteiger partial charge in [0.2, 0.25) is 5.91 Å². The van der Waals surface area contributed by atoms with Crippen LogP contribution in [0.4, 0.5) is 5.69 Å². The molecule has 1 aromatic carbocycles. The number of carbonyl (C=O) groups excluding carboxylic acids is 1. The Hall–Kier alpha value is -1.79. The molecule has 116 valence electrons. The molecule has 1 heterocycles. The second kappa shape index (κ2) is 7.28. The topological polar surface area (TPSA) is 87.8 Å². The van der Waals surface area contributed by atoms with Crippen LogP contribution in [0, 0.1) is 0 Å². The third kappa shape index (κ3) is 5.24. The lowest BCUT2D eigenvalue weighted by Crippen LogP contribution is -2.38. The number of ether oxygens (including phenoxy) is 1. The second-order valence-corrected chi connectivity index (χ2v) is 5.48. The second-order valence-electron chi connectivity index (χ2n) is 5.48. The molecule has 1 fully saturated rings. The van der Waals surface area contributed by atoms with Gasteiger partial charge in [0.1, 0.15) is 18.5 Å². The van der Waals surface area contributed by atoms with Gasteiger partial charge >= 0.3 is 0 Å². The Labute approximate surface area is 124 Å². The first-order valence-electron chi connectivity index (χ1n) is 7.19. The number of nitrogens with zero attached hydrogens (tertiary/aromatic N) is 1. The quantitative estimate of drug-likeness (QED) is 0.653. The van der Waals surface area contributed by atoms with Crippen molar-refractivity contribution in [2.24, 2.45) is 0 Å². The lowest BCUT2D eigenvalue weighted by Gasteiger charge is -2.20. The summed E-state index contributed by atoms with van der Waals surface area (Å²) in [5.74, 6) is 0.690. The van der Waals surface area contributed by atoms with E-state index in [1.54, 1.807) is 24.3 Å². The van der Waals surface area contributed by atoms with E-state index < -0.39 is 6.10 Å². The molecule has 1 amide bonds. The Kier molecular flexibility index (Phi) is 5.41. The van der Waals surface area contributed by atoms with Crippen molar-refractivity contribution in [3.63, 3.8) is 0 Å². The Balaban J connectivity index is 1.69. The van der Waals surface area contributed by atoms with E-state index >= 15 is 0 Å². The highest BCUT2D eigenvalue weighted by molar-refractivity contribution is 5.73. The summed E-state index contributed by atoms with van der Waals surface area (Å²) in [5.41, 5.74) is 6.28. The smallest absolute Gasteiger partial charge is 0.217 e. The highest BCUT2D eigenvalue weighted by Crippen LogP contribution is 2.14. The molecular weight excluding hydrogens is 270 g/mol. The monoisotopic (exact) mass is 293 g/mol.